The van der Waals surface area contributed by atoms with E-state index in [0.29, 0.717) is 54.4 Å². The van der Waals surface area contributed by atoms with Crippen molar-refractivity contribution in [2.75, 3.05) is 116 Å². The first kappa shape index (κ1) is 67.6. The van der Waals surface area contributed by atoms with Gasteiger partial charge in [-0.15, -0.1) is 0 Å². The zero-order chi connectivity index (χ0) is 65.1. The number of piperidine rings is 3. The third-order valence-electron chi connectivity index (χ3n) is 16.2. The Bertz CT molecular complexity index is 3640. The van der Waals surface area contributed by atoms with Crippen molar-refractivity contribution in [3.05, 3.63) is 125 Å². The highest BCUT2D eigenvalue weighted by molar-refractivity contribution is 6.29. The molecule has 92 heavy (non-hydrogen) atoms. The number of nitrogens with zero attached hydrogens (tertiary/aromatic N) is 12. The molecule has 0 saturated carbocycles. The molecule has 9 aromatic rings. The smallest absolute Gasteiger partial charge is 0.356 e. The molecule has 3 atom stereocenters. The predicted molar refractivity (Wildman–Crippen MR) is 353 cm³/mol. The van der Waals surface area contributed by atoms with E-state index in [-0.39, 0.29) is 53.6 Å². The van der Waals surface area contributed by atoms with Gasteiger partial charge in [-0.25, -0.2) is 19.7 Å². The first-order valence-corrected chi connectivity index (χ1v) is 31.4. The molecule has 490 valence electrons. The van der Waals surface area contributed by atoms with Gasteiger partial charge in [-0.2, -0.15) is 29.9 Å². The van der Waals surface area contributed by atoms with Crippen LogP contribution in [-0.2, 0) is 18.9 Å². The van der Waals surface area contributed by atoms with Gasteiger partial charge < -0.3 is 73.9 Å². The summed E-state index contributed by atoms with van der Waals surface area (Å²) in [5.41, 5.74) is 11.7. The summed E-state index contributed by atoms with van der Waals surface area (Å²) >= 11 is 6.20. The van der Waals surface area contributed by atoms with Crippen LogP contribution in [0.15, 0.2) is 91.8 Å². The Morgan fingerprint density at radius 1 is 0.533 bits per heavy atom. The second-order valence-corrected chi connectivity index (χ2v) is 22.9. The summed E-state index contributed by atoms with van der Waals surface area (Å²) in [6, 6.07) is 18.1. The number of ether oxygens (including phenoxy) is 7. The van der Waals surface area contributed by atoms with Crippen molar-refractivity contribution in [3.8, 4) is 18.0 Å². The molecule has 12 heterocycles. The number of pyridine rings is 3. The summed E-state index contributed by atoms with van der Waals surface area (Å²) in [4.78, 5) is 80.3. The quantitative estimate of drug-likeness (QED) is 0.0351. The summed E-state index contributed by atoms with van der Waals surface area (Å²) in [6.45, 7) is 12.0. The van der Waals surface area contributed by atoms with Crippen LogP contribution in [0.2, 0.25) is 5.15 Å². The van der Waals surface area contributed by atoms with Gasteiger partial charge in [0.2, 0.25) is 0 Å². The lowest BCUT2D eigenvalue weighted by Crippen LogP contribution is -2.34. The minimum absolute atomic E-state index is 0.141. The number of aromatic nitrogens is 12. The first-order valence-electron chi connectivity index (χ1n) is 31.0. The molecule has 26 nitrogen and oxygen atoms in total. The molecule has 0 bridgehead atoms. The van der Waals surface area contributed by atoms with E-state index in [1.165, 1.54) is 47.0 Å². The van der Waals surface area contributed by atoms with Crippen molar-refractivity contribution < 1.29 is 42.7 Å². The standard InChI is InChI=1S/C22H28N6O3.C22H27N5O4.C20H24ClN5O2.CH5N/c1-14(13-30-3)31-22-26-18(21(29)23-2)11-19(27-22)28-9-6-15(7-10-28)17-12-25-20-16(17)5-4-8-24-20;1-14(13-29-2)31-22-25-18(21(28)30-3)11-19(26-22)27-9-6-15(7-10-27)17-12-24-20-16(17)5-4-8-23-20;1-13(12-27-2)28-20-24-17(21)10-18(25-20)26-8-5-14(6-9-26)16-11-23-19-15(16)4-3-7-22-19;1-2/h4-5,8,11-12,14-15H,6-7,9-10,13H2,1-3H3,(H,23,29)(H,24,25);4-5,8,11-12,14-15H,6-7,9-10,13H2,1-3H3,(H,23,24);3-4,7,10-11,13-14H,5-6,8-9,12H2,1-2H3,(H,22,23);2H2,1H3/t2*14-;13-;/m111./s1. The van der Waals surface area contributed by atoms with Gasteiger partial charge in [0.15, 0.2) is 5.69 Å². The number of nitrogens with two attached hydrogens (primary N) is 1. The summed E-state index contributed by atoms with van der Waals surface area (Å²) in [5.74, 6) is 2.77. The summed E-state index contributed by atoms with van der Waals surface area (Å²) < 4.78 is 37.5. The van der Waals surface area contributed by atoms with Gasteiger partial charge in [0, 0.05) is 139 Å². The molecule has 0 unspecified atom stereocenters. The molecule has 9 aromatic heterocycles. The lowest BCUT2D eigenvalue weighted by atomic mass is 9.89. The Labute approximate surface area is 540 Å². The molecule has 0 aliphatic carbocycles. The van der Waals surface area contributed by atoms with Crippen molar-refractivity contribution >= 4 is 74.0 Å². The topological polar surface area (TPSA) is 310 Å². The second kappa shape index (κ2) is 33.0. The number of aromatic amines is 3. The SMILES string of the molecule is CN.CNC(=O)c1cc(N2CCC(c3c[nH]c4ncccc34)CC2)nc(O[C@H](C)COC)n1.COC[C@@H](C)Oc1nc(C(=O)OC)cc(N2CCC(c3c[nH]c4ncccc34)CC2)n1.COC[C@@H](C)Oc1nc(Cl)cc(N2CCC(c3c[nH]c4ncccc34)CC2)n1. The number of rotatable bonds is 20. The highest BCUT2D eigenvalue weighted by Crippen LogP contribution is 2.38. The van der Waals surface area contributed by atoms with Crippen LogP contribution in [-0.4, -0.2) is 192 Å². The molecule has 3 fully saturated rings. The molecule has 6 N–H and O–H groups in total. The maximum Gasteiger partial charge on any atom is 0.356 e. The van der Waals surface area contributed by atoms with E-state index in [4.69, 9.17) is 44.8 Å². The van der Waals surface area contributed by atoms with Gasteiger partial charge >= 0.3 is 24.0 Å². The molecule has 1 amide bonds. The zero-order valence-electron chi connectivity index (χ0n) is 53.7. The van der Waals surface area contributed by atoms with Crippen molar-refractivity contribution in [2.45, 2.75) is 95.4 Å². The molecule has 27 heteroatoms. The van der Waals surface area contributed by atoms with Gasteiger partial charge in [0.25, 0.3) is 5.91 Å². The third-order valence-corrected chi connectivity index (χ3v) is 16.4. The average Bonchev–Trinajstić information content (AvgIpc) is 1.59. The lowest BCUT2D eigenvalue weighted by Gasteiger charge is -2.33. The average molecular weight is 1280 g/mol. The van der Waals surface area contributed by atoms with E-state index in [1.54, 1.807) is 59.0 Å². The van der Waals surface area contributed by atoms with Crippen molar-refractivity contribution in [1.29, 1.82) is 0 Å². The number of nitrogens with one attached hydrogen (secondary N) is 4. The molecule has 3 aliphatic heterocycles. The number of fused-ring (bicyclic) bond motifs is 3. The maximum atomic E-state index is 12.2. The van der Waals surface area contributed by atoms with Crippen LogP contribution in [0.25, 0.3) is 33.1 Å². The van der Waals surface area contributed by atoms with Crippen LogP contribution in [0.5, 0.6) is 18.0 Å². The fourth-order valence-electron chi connectivity index (χ4n) is 11.9. The molecular weight excluding hydrogens is 1200 g/mol. The minimum Gasteiger partial charge on any atom is -0.464 e. The molecule has 0 radical (unpaired) electrons. The largest absolute Gasteiger partial charge is 0.464 e. The molecule has 0 aromatic carbocycles. The van der Waals surface area contributed by atoms with E-state index in [0.717, 1.165) is 101 Å². The predicted octanol–water partition coefficient (Wildman–Crippen LogP) is 8.83. The van der Waals surface area contributed by atoms with Gasteiger partial charge in [0.1, 0.15) is 63.6 Å². The number of carbonyl (C=O) groups excluding carboxylic acids is 2. The summed E-state index contributed by atoms with van der Waals surface area (Å²) in [7, 11) is 9.27. The van der Waals surface area contributed by atoms with Crippen LogP contribution in [0.4, 0.5) is 17.5 Å². The van der Waals surface area contributed by atoms with E-state index in [2.05, 4.69) is 122 Å². The van der Waals surface area contributed by atoms with Gasteiger partial charge in [0.05, 0.1) is 26.9 Å². The van der Waals surface area contributed by atoms with Crippen LogP contribution in [0, 0.1) is 0 Å². The van der Waals surface area contributed by atoms with Gasteiger partial charge in [-0.1, -0.05) is 11.6 Å². The Morgan fingerprint density at radius 2 is 0.870 bits per heavy atom. The number of methoxy groups -OCH3 is 4. The number of carbonyl (C=O) groups is 2. The number of halogens is 1. The summed E-state index contributed by atoms with van der Waals surface area (Å²) in [5, 5.41) is 6.59. The number of hydrogen-bond donors (Lipinski definition) is 5. The fourth-order valence-corrected chi connectivity index (χ4v) is 12.0. The highest BCUT2D eigenvalue weighted by atomic mass is 35.5. The summed E-state index contributed by atoms with van der Waals surface area (Å²) in [6.07, 6.45) is 17.0. The fraction of sp³-hybridized carbons (Fsp3) is 0.462. The molecule has 12 rings (SSSR count). The van der Waals surface area contributed by atoms with Crippen molar-refractivity contribution in [3.63, 3.8) is 0 Å². The van der Waals surface area contributed by atoms with Crippen LogP contribution in [0.3, 0.4) is 0 Å². The Kier molecular flexibility index (Phi) is 24.2. The second-order valence-electron chi connectivity index (χ2n) is 22.6. The van der Waals surface area contributed by atoms with Crippen molar-refractivity contribution in [1.82, 2.24) is 65.1 Å². The molecule has 3 aliphatic rings. The van der Waals surface area contributed by atoms with Crippen LogP contribution in [0.1, 0.15) is 115 Å². The maximum absolute atomic E-state index is 12.2. The molecule has 0 spiro atoms. The van der Waals surface area contributed by atoms with Gasteiger partial charge in [-0.05, 0) is 137 Å². The Balaban J connectivity index is 0.000000161. The number of anilines is 3. The minimum atomic E-state index is -0.519. The number of esters is 1. The Hall–Kier alpha value is -8.82. The normalized spacial score (nSPS) is 15.7. The van der Waals surface area contributed by atoms with Gasteiger partial charge in [-0.3, -0.25) is 4.79 Å². The Morgan fingerprint density at radius 3 is 1.22 bits per heavy atom. The van der Waals surface area contributed by atoms with Crippen LogP contribution >= 0.6 is 11.6 Å². The van der Waals surface area contributed by atoms with E-state index < -0.39 is 5.97 Å². The third kappa shape index (κ3) is 17.2. The first-order chi connectivity index (χ1) is 44.8. The monoisotopic (exact) mass is 1280 g/mol. The number of hydrogen-bond acceptors (Lipinski definition) is 22. The number of H-pyrrole nitrogens is 3. The number of amides is 1. The molecule has 3 saturated heterocycles. The van der Waals surface area contributed by atoms with Crippen molar-refractivity contribution in [2.24, 2.45) is 5.73 Å². The zero-order valence-corrected chi connectivity index (χ0v) is 54.5. The molecular formula is C65H84ClN17O9. The van der Waals surface area contributed by atoms with Crippen LogP contribution < -0.4 is 40.0 Å². The van der Waals surface area contributed by atoms with E-state index in [1.807, 2.05) is 45.2 Å². The lowest BCUT2D eigenvalue weighted by molar-refractivity contribution is 0.0586. The van der Waals surface area contributed by atoms with E-state index >= 15 is 0 Å². The van der Waals surface area contributed by atoms with E-state index in [9.17, 15) is 9.59 Å². The highest BCUT2D eigenvalue weighted by Gasteiger charge is 2.29.